The topological polar surface area (TPSA) is 51.7 Å². The number of nitrogens with one attached hydrogen (secondary N) is 1. The molecule has 0 amide bonds. The first-order valence-electron chi connectivity index (χ1n) is 13.3. The van der Waals surface area contributed by atoms with Crippen LogP contribution >= 0.6 is 0 Å². The lowest BCUT2D eigenvalue weighted by atomic mass is 9.87. The molecule has 0 bridgehead atoms. The molecule has 2 aliphatic heterocycles. The zero-order valence-corrected chi connectivity index (χ0v) is 21.2. The van der Waals surface area contributed by atoms with Gasteiger partial charge in [-0.2, -0.15) is 0 Å². The number of aliphatic hydroxyl groups excluding tert-OH is 1. The summed E-state index contributed by atoms with van der Waals surface area (Å²) in [4.78, 5) is 7.70. The van der Waals surface area contributed by atoms with Gasteiger partial charge in [-0.15, -0.1) is 0 Å². The highest BCUT2D eigenvalue weighted by Gasteiger charge is 2.48. The minimum atomic E-state index is -0.640. The average molecular weight is 514 g/mol. The Bertz CT molecular complexity index is 1260. The number of likely N-dealkylation sites (tertiary alicyclic amines) is 1. The molecule has 1 saturated heterocycles. The summed E-state index contributed by atoms with van der Waals surface area (Å²) in [6.07, 6.45) is 2.60. The van der Waals surface area contributed by atoms with E-state index in [4.69, 9.17) is 4.74 Å². The average Bonchev–Trinajstić information content (AvgIpc) is 3.54. The summed E-state index contributed by atoms with van der Waals surface area (Å²) in [6, 6.07) is 9.94. The highest BCUT2D eigenvalue weighted by atomic mass is 19.1. The van der Waals surface area contributed by atoms with Crippen LogP contribution in [0.4, 0.5) is 13.2 Å². The highest BCUT2D eigenvalue weighted by molar-refractivity contribution is 5.85. The number of para-hydroxylation sites is 1. The molecule has 1 aliphatic carbocycles. The Morgan fingerprint density at radius 3 is 2.54 bits per heavy atom. The number of alkyl halides is 1. The van der Waals surface area contributed by atoms with Crippen LogP contribution in [0.1, 0.15) is 42.6 Å². The Balaban J connectivity index is 1.32. The lowest BCUT2D eigenvalue weighted by Gasteiger charge is -2.42. The monoisotopic (exact) mass is 513 g/mol. The number of fused-ring (bicyclic) bond motifs is 3. The summed E-state index contributed by atoms with van der Waals surface area (Å²) in [5.41, 5.74) is 2.67. The third-order valence-corrected chi connectivity index (χ3v) is 8.58. The first kappa shape index (κ1) is 24.8. The number of benzene rings is 2. The van der Waals surface area contributed by atoms with Gasteiger partial charge in [0.15, 0.2) is 0 Å². The van der Waals surface area contributed by atoms with Gasteiger partial charge in [-0.3, -0.25) is 14.2 Å². The smallest absolute Gasteiger partial charge is 0.135 e. The molecule has 5 nitrogen and oxygen atoms in total. The molecule has 2 fully saturated rings. The minimum absolute atomic E-state index is 0.00831. The molecule has 2 atom stereocenters. The summed E-state index contributed by atoms with van der Waals surface area (Å²) in [7, 11) is 0. The second-order valence-corrected chi connectivity index (χ2v) is 11.3. The van der Waals surface area contributed by atoms with Crippen LogP contribution in [-0.2, 0) is 6.42 Å². The predicted molar refractivity (Wildman–Crippen MR) is 137 cm³/mol. The second kappa shape index (κ2) is 9.64. The van der Waals surface area contributed by atoms with Gasteiger partial charge in [-0.05, 0) is 37.8 Å². The van der Waals surface area contributed by atoms with Gasteiger partial charge in [-0.1, -0.05) is 18.2 Å². The van der Waals surface area contributed by atoms with Crippen molar-refractivity contribution in [2.75, 3.05) is 46.1 Å². The van der Waals surface area contributed by atoms with Crippen molar-refractivity contribution in [2.45, 2.75) is 38.3 Å². The Labute approximate surface area is 215 Å². The molecule has 0 radical (unpaired) electrons. The van der Waals surface area contributed by atoms with E-state index in [0.717, 1.165) is 41.4 Å². The van der Waals surface area contributed by atoms with Crippen molar-refractivity contribution in [3.63, 3.8) is 0 Å². The summed E-state index contributed by atoms with van der Waals surface area (Å²) in [6.45, 7) is 4.70. The molecule has 8 heteroatoms. The van der Waals surface area contributed by atoms with E-state index in [9.17, 15) is 9.50 Å². The predicted octanol–water partition coefficient (Wildman–Crippen LogP) is 4.83. The number of aromatic nitrogens is 1. The second-order valence-electron chi connectivity index (χ2n) is 11.3. The van der Waals surface area contributed by atoms with E-state index in [1.54, 1.807) is 0 Å². The number of H-pyrrole nitrogens is 1. The van der Waals surface area contributed by atoms with Crippen molar-refractivity contribution < 1.29 is 23.0 Å². The molecular formula is C29H34F3N3O2. The van der Waals surface area contributed by atoms with Crippen LogP contribution in [0, 0.1) is 23.0 Å². The summed E-state index contributed by atoms with van der Waals surface area (Å²) in [5, 5.41) is 11.1. The number of aliphatic hydroxyl groups is 1. The molecule has 0 unspecified atom stereocenters. The summed E-state index contributed by atoms with van der Waals surface area (Å²) < 4.78 is 49.9. The van der Waals surface area contributed by atoms with E-state index in [1.807, 2.05) is 18.2 Å². The maximum atomic E-state index is 15.8. The van der Waals surface area contributed by atoms with Crippen LogP contribution in [0.25, 0.3) is 10.9 Å². The van der Waals surface area contributed by atoms with Crippen LogP contribution in [0.5, 0.6) is 5.75 Å². The van der Waals surface area contributed by atoms with Crippen LogP contribution in [0.2, 0.25) is 0 Å². The van der Waals surface area contributed by atoms with Gasteiger partial charge in [0.25, 0.3) is 0 Å². The number of halogens is 3. The highest BCUT2D eigenvalue weighted by Crippen LogP contribution is 2.50. The van der Waals surface area contributed by atoms with Crippen molar-refractivity contribution in [3.05, 3.63) is 64.9 Å². The van der Waals surface area contributed by atoms with Crippen molar-refractivity contribution >= 4 is 10.9 Å². The third-order valence-electron chi connectivity index (χ3n) is 8.58. The molecular weight excluding hydrogens is 479 g/mol. The Hall–Kier alpha value is -2.55. The number of nitrogens with zero attached hydrogens (tertiary/aromatic N) is 2. The molecule has 3 aromatic rings. The number of hydrogen-bond acceptors (Lipinski definition) is 4. The number of rotatable bonds is 9. The molecule has 0 spiro atoms. The Morgan fingerprint density at radius 1 is 1.14 bits per heavy atom. The quantitative estimate of drug-likeness (QED) is 0.430. The number of hydrogen-bond donors (Lipinski definition) is 2. The number of ether oxygens (including phenoxy) is 1. The van der Waals surface area contributed by atoms with Gasteiger partial charge < -0.3 is 14.8 Å². The lowest BCUT2D eigenvalue weighted by molar-refractivity contribution is 0.0666. The SMILES string of the molecule is C[C@@H]1Cc2c([nH]c3ccccc23)[C@@H](c2c(F)cc(OCCN3CC(CF)C3)cc2F)N1CC1(CO)CC1. The van der Waals surface area contributed by atoms with Crippen molar-refractivity contribution in [2.24, 2.45) is 11.3 Å². The van der Waals surface area contributed by atoms with Gasteiger partial charge in [0.1, 0.15) is 24.0 Å². The van der Waals surface area contributed by atoms with Gasteiger partial charge in [0.2, 0.25) is 0 Å². The fourth-order valence-electron chi connectivity index (χ4n) is 6.15. The molecule has 37 heavy (non-hydrogen) atoms. The maximum Gasteiger partial charge on any atom is 0.135 e. The van der Waals surface area contributed by atoms with Crippen molar-refractivity contribution in [1.29, 1.82) is 0 Å². The van der Waals surface area contributed by atoms with Crippen LogP contribution in [0.3, 0.4) is 0 Å². The maximum absolute atomic E-state index is 15.8. The third kappa shape index (κ3) is 4.53. The minimum Gasteiger partial charge on any atom is -0.492 e. The first-order chi connectivity index (χ1) is 17.9. The fraction of sp³-hybridized carbons (Fsp3) is 0.517. The van der Waals surface area contributed by atoms with E-state index in [2.05, 4.69) is 27.8 Å². The van der Waals surface area contributed by atoms with E-state index in [-0.39, 0.29) is 48.6 Å². The molecule has 2 aromatic carbocycles. The van der Waals surface area contributed by atoms with Crippen LogP contribution in [0.15, 0.2) is 36.4 Å². The van der Waals surface area contributed by atoms with Gasteiger partial charge in [0.05, 0.1) is 12.7 Å². The fourth-order valence-corrected chi connectivity index (χ4v) is 6.15. The van der Waals surface area contributed by atoms with Gasteiger partial charge in [0, 0.05) is 84.5 Å². The molecule has 198 valence electrons. The molecule has 3 heterocycles. The van der Waals surface area contributed by atoms with E-state index in [1.165, 1.54) is 12.1 Å². The zero-order valence-electron chi connectivity index (χ0n) is 21.2. The van der Waals surface area contributed by atoms with Gasteiger partial charge >= 0.3 is 0 Å². The standard InChI is InChI=1S/C29H34F3N3O2/c1-18-10-22-21-4-2-3-5-25(21)33-27(22)28(35(18)16-29(17-36)6-7-29)26-23(31)11-20(12-24(26)32)37-9-8-34-14-19(13-30)15-34/h2-5,11-12,18-19,28,33,36H,6-10,13-17H2,1H3/t18-,28-/m1/s1. The largest absolute Gasteiger partial charge is 0.492 e. The Morgan fingerprint density at radius 2 is 1.86 bits per heavy atom. The van der Waals surface area contributed by atoms with Crippen LogP contribution < -0.4 is 4.74 Å². The molecule has 3 aliphatic rings. The molecule has 2 N–H and O–H groups in total. The first-order valence-corrected chi connectivity index (χ1v) is 13.3. The zero-order chi connectivity index (χ0) is 25.7. The van der Waals surface area contributed by atoms with Gasteiger partial charge in [-0.25, -0.2) is 8.78 Å². The summed E-state index contributed by atoms with van der Waals surface area (Å²) >= 11 is 0. The lowest BCUT2D eigenvalue weighted by Crippen LogP contribution is -2.49. The van der Waals surface area contributed by atoms with Crippen molar-refractivity contribution in [3.8, 4) is 5.75 Å². The molecule has 6 rings (SSSR count). The summed E-state index contributed by atoms with van der Waals surface area (Å²) in [5.74, 6) is -1.04. The molecule has 1 saturated carbocycles. The van der Waals surface area contributed by atoms with Crippen LogP contribution in [-0.4, -0.2) is 72.0 Å². The Kier molecular flexibility index (Phi) is 6.45. The van der Waals surface area contributed by atoms with E-state index < -0.39 is 17.7 Å². The normalized spacial score (nSPS) is 23.7. The van der Waals surface area contributed by atoms with E-state index in [0.29, 0.717) is 26.2 Å². The van der Waals surface area contributed by atoms with Crippen molar-refractivity contribution in [1.82, 2.24) is 14.8 Å². The van der Waals surface area contributed by atoms with E-state index >= 15 is 8.78 Å². The number of aromatic amines is 1. The molecule has 1 aromatic heterocycles.